The monoisotopic (exact) mass is 139 g/mol. The fourth-order valence-electron chi connectivity index (χ4n) is 0.347. The minimum Gasteiger partial charge on any atom is -0.435 e. The summed E-state index contributed by atoms with van der Waals surface area (Å²) in [6.07, 6.45) is 6.32. The van der Waals surface area contributed by atoms with Crippen LogP contribution in [0.2, 0.25) is 0 Å². The summed E-state index contributed by atoms with van der Waals surface area (Å²) < 4.78 is 1.66. The van der Waals surface area contributed by atoms with E-state index in [4.69, 9.17) is 0 Å². The molecule has 0 aromatic carbocycles. The Morgan fingerprint density at radius 2 is 2.12 bits per heavy atom. The molecule has 0 unspecified atom stereocenters. The molecule has 42 valence electrons. The van der Waals surface area contributed by atoms with Gasteiger partial charge in [-0.3, -0.25) is 0 Å². The molecule has 0 saturated carbocycles. The maximum absolute atomic E-state index is 3.21. The van der Waals surface area contributed by atoms with Gasteiger partial charge in [0.2, 0.25) is 0 Å². The van der Waals surface area contributed by atoms with Crippen molar-refractivity contribution < 1.29 is 0 Å². The van der Waals surface area contributed by atoms with Crippen molar-refractivity contribution >= 4 is 20.8 Å². The first-order valence-corrected chi connectivity index (χ1v) is 3.55. The van der Waals surface area contributed by atoms with E-state index in [9.17, 15) is 0 Å². The topological polar surface area (TPSA) is 3.24 Å². The molecular weight excluding hydrogens is 130 g/mol. The van der Waals surface area contributed by atoms with Gasteiger partial charge in [-0.25, -0.2) is 0 Å². The molecule has 1 nitrogen and oxygen atoms in total. The highest BCUT2D eigenvalue weighted by Gasteiger charge is 1.74. The summed E-state index contributed by atoms with van der Waals surface area (Å²) in [6, 6.07) is 0. The standard InChI is InChI=1S/C5H9NSi2/c1-2-3-4-5-6(7)8/h4-5H,2-3H2,1H3/b5-4+. The molecule has 0 atom stereocenters. The van der Waals surface area contributed by atoms with Crippen LogP contribution in [-0.4, -0.2) is 25.0 Å². The molecule has 0 heterocycles. The number of nitrogens with zero attached hydrogens (tertiary/aromatic N) is 1. The van der Waals surface area contributed by atoms with Crippen LogP contribution in [0.5, 0.6) is 0 Å². The zero-order valence-electron chi connectivity index (χ0n) is 5.02. The van der Waals surface area contributed by atoms with Crippen LogP contribution in [0.15, 0.2) is 12.3 Å². The second-order valence-corrected chi connectivity index (χ2v) is 2.95. The van der Waals surface area contributed by atoms with Gasteiger partial charge in [-0.15, -0.1) is 0 Å². The van der Waals surface area contributed by atoms with E-state index in [-0.39, 0.29) is 0 Å². The molecule has 0 aromatic heterocycles. The lowest BCUT2D eigenvalue weighted by Crippen LogP contribution is -2.05. The predicted octanol–water partition coefficient (Wildman–Crippen LogP) is 0.769. The van der Waals surface area contributed by atoms with Crippen molar-refractivity contribution in [3.63, 3.8) is 0 Å². The third-order valence-electron chi connectivity index (χ3n) is 0.710. The van der Waals surface area contributed by atoms with Crippen LogP contribution in [-0.2, 0) is 0 Å². The van der Waals surface area contributed by atoms with Crippen LogP contribution in [0, 0.1) is 0 Å². The molecule has 0 saturated heterocycles. The summed E-state index contributed by atoms with van der Waals surface area (Å²) in [5, 5.41) is 0. The Morgan fingerprint density at radius 3 is 2.50 bits per heavy atom. The molecular formula is C5H9NSi2. The number of hydrogen-bond donors (Lipinski definition) is 0. The Bertz CT molecular complexity index is 70.8. The van der Waals surface area contributed by atoms with Crippen LogP contribution < -0.4 is 0 Å². The van der Waals surface area contributed by atoms with Gasteiger partial charge in [0.25, 0.3) is 0 Å². The van der Waals surface area contributed by atoms with E-state index in [0.29, 0.717) is 0 Å². The Balaban J connectivity index is 3.07. The smallest absolute Gasteiger partial charge is 0.178 e. The molecule has 0 amide bonds. The summed E-state index contributed by atoms with van der Waals surface area (Å²) in [7, 11) is 6.42. The zero-order chi connectivity index (χ0) is 6.41. The first-order valence-electron chi connectivity index (χ1n) is 2.65. The Morgan fingerprint density at radius 1 is 1.50 bits per heavy atom. The highest BCUT2D eigenvalue weighted by Crippen LogP contribution is 1.87. The molecule has 0 aromatic rings. The third-order valence-corrected chi connectivity index (χ3v) is 1.01. The molecule has 0 fully saturated rings. The van der Waals surface area contributed by atoms with Gasteiger partial charge < -0.3 is 4.23 Å². The molecule has 0 N–H and O–H groups in total. The van der Waals surface area contributed by atoms with Crippen molar-refractivity contribution in [3.05, 3.63) is 12.3 Å². The van der Waals surface area contributed by atoms with E-state index in [0.717, 1.165) is 6.42 Å². The number of rotatable bonds is 3. The minimum atomic E-state index is 1.13. The quantitative estimate of drug-likeness (QED) is 0.522. The van der Waals surface area contributed by atoms with E-state index < -0.39 is 0 Å². The lowest BCUT2D eigenvalue weighted by molar-refractivity contribution is 0.914. The molecule has 8 heavy (non-hydrogen) atoms. The van der Waals surface area contributed by atoms with E-state index in [1.807, 2.05) is 6.20 Å². The minimum absolute atomic E-state index is 1.13. The second-order valence-electron chi connectivity index (χ2n) is 1.54. The van der Waals surface area contributed by atoms with Gasteiger partial charge in [-0.1, -0.05) is 19.4 Å². The zero-order valence-corrected chi connectivity index (χ0v) is 7.02. The maximum atomic E-state index is 3.21. The molecule has 0 rings (SSSR count). The van der Waals surface area contributed by atoms with Crippen molar-refractivity contribution in [3.8, 4) is 0 Å². The van der Waals surface area contributed by atoms with E-state index in [1.54, 1.807) is 4.23 Å². The highest BCUT2D eigenvalue weighted by molar-refractivity contribution is 6.25. The average Bonchev–Trinajstić information content (AvgIpc) is 1.66. The van der Waals surface area contributed by atoms with E-state index in [2.05, 4.69) is 33.8 Å². The molecule has 0 aliphatic heterocycles. The average molecular weight is 139 g/mol. The van der Waals surface area contributed by atoms with Gasteiger partial charge in [-0.2, -0.15) is 0 Å². The first-order chi connectivity index (χ1) is 3.77. The first kappa shape index (κ1) is 7.97. The Labute approximate surface area is 57.8 Å². The van der Waals surface area contributed by atoms with Crippen molar-refractivity contribution in [1.29, 1.82) is 0 Å². The van der Waals surface area contributed by atoms with Gasteiger partial charge in [0.1, 0.15) is 0 Å². The van der Waals surface area contributed by atoms with Crippen molar-refractivity contribution in [2.24, 2.45) is 0 Å². The molecule has 0 aliphatic carbocycles. The summed E-state index contributed by atoms with van der Waals surface area (Å²) >= 11 is 0. The molecule has 0 bridgehead atoms. The van der Waals surface area contributed by atoms with Crippen molar-refractivity contribution in [1.82, 2.24) is 4.23 Å². The second kappa shape index (κ2) is 5.12. The lowest BCUT2D eigenvalue weighted by atomic mass is 10.3. The molecule has 3 heteroatoms. The summed E-state index contributed by atoms with van der Waals surface area (Å²) in [4.78, 5) is 0. The largest absolute Gasteiger partial charge is 0.435 e. The van der Waals surface area contributed by atoms with Gasteiger partial charge in [-0.05, 0) is 12.6 Å². The van der Waals surface area contributed by atoms with Gasteiger partial charge >= 0.3 is 0 Å². The molecule has 0 spiro atoms. The van der Waals surface area contributed by atoms with Crippen LogP contribution in [0.3, 0.4) is 0 Å². The highest BCUT2D eigenvalue weighted by atomic mass is 28.2. The Kier molecular flexibility index (Phi) is 5.10. The van der Waals surface area contributed by atoms with Gasteiger partial charge in [0, 0.05) is 0 Å². The predicted molar refractivity (Wildman–Crippen MR) is 37.4 cm³/mol. The summed E-state index contributed by atoms with van der Waals surface area (Å²) in [5.74, 6) is 0. The van der Waals surface area contributed by atoms with Crippen molar-refractivity contribution in [2.45, 2.75) is 19.8 Å². The third kappa shape index (κ3) is 5.97. The van der Waals surface area contributed by atoms with Crippen LogP contribution in [0.25, 0.3) is 0 Å². The fourth-order valence-corrected chi connectivity index (χ4v) is 0.557. The molecule has 6 radical (unpaired) electrons. The van der Waals surface area contributed by atoms with E-state index >= 15 is 0 Å². The fraction of sp³-hybridized carbons (Fsp3) is 0.600. The molecule has 0 aliphatic rings. The van der Waals surface area contributed by atoms with Crippen LogP contribution in [0.1, 0.15) is 19.8 Å². The number of hydrogen-bond acceptors (Lipinski definition) is 1. The van der Waals surface area contributed by atoms with Crippen molar-refractivity contribution in [2.75, 3.05) is 0 Å². The maximum Gasteiger partial charge on any atom is 0.178 e. The SMILES string of the molecule is CCC/C=C/N([Si])[Si]. The number of unbranched alkanes of at least 4 members (excludes halogenated alkanes) is 1. The summed E-state index contributed by atoms with van der Waals surface area (Å²) in [6.45, 7) is 2.15. The lowest BCUT2D eigenvalue weighted by Gasteiger charge is -2.00. The van der Waals surface area contributed by atoms with Crippen LogP contribution in [0.4, 0.5) is 0 Å². The Hall–Kier alpha value is -0.0262. The van der Waals surface area contributed by atoms with E-state index in [1.165, 1.54) is 6.42 Å². The van der Waals surface area contributed by atoms with Crippen LogP contribution >= 0.6 is 0 Å². The van der Waals surface area contributed by atoms with Gasteiger partial charge in [0.05, 0.1) is 0 Å². The summed E-state index contributed by atoms with van der Waals surface area (Å²) in [5.41, 5.74) is 0. The van der Waals surface area contributed by atoms with Gasteiger partial charge in [0.15, 0.2) is 20.8 Å². The normalized spacial score (nSPS) is 10.4. The number of allylic oxidation sites excluding steroid dienone is 1.